The van der Waals surface area contributed by atoms with E-state index in [0.717, 1.165) is 19.3 Å². The molecule has 7 nitrogen and oxygen atoms in total. The standard InChI is InChI=1S/C12H17N3O4/c13-10(17)7-8(11(14)18)15(12(19)9(7)16)6-4-2-1-3-5-6/h6-8H,1-5H2,(H2,13,17)(H2,14,18). The Morgan fingerprint density at radius 1 is 1.00 bits per heavy atom. The summed E-state index contributed by atoms with van der Waals surface area (Å²) in [6, 6.07) is -1.42. The number of nitrogens with two attached hydrogens (primary N) is 2. The highest BCUT2D eigenvalue weighted by molar-refractivity contribution is 6.44. The van der Waals surface area contributed by atoms with E-state index in [9.17, 15) is 19.2 Å². The fourth-order valence-corrected chi connectivity index (χ4v) is 3.03. The van der Waals surface area contributed by atoms with Crippen LogP contribution < -0.4 is 11.5 Å². The molecule has 1 aliphatic carbocycles. The zero-order valence-electron chi connectivity index (χ0n) is 10.5. The Morgan fingerprint density at radius 3 is 2.05 bits per heavy atom. The maximum absolute atomic E-state index is 12.0. The minimum atomic E-state index is -1.44. The van der Waals surface area contributed by atoms with Crippen molar-refractivity contribution in [3.8, 4) is 0 Å². The molecule has 104 valence electrons. The van der Waals surface area contributed by atoms with Crippen LogP contribution in [0.1, 0.15) is 32.1 Å². The third kappa shape index (κ3) is 2.20. The number of carbonyl (C=O) groups is 4. The fraction of sp³-hybridized carbons (Fsp3) is 0.667. The van der Waals surface area contributed by atoms with Crippen LogP contribution in [0.4, 0.5) is 0 Å². The lowest BCUT2D eigenvalue weighted by molar-refractivity contribution is -0.143. The SMILES string of the molecule is NC(=O)C1C(=O)C(=O)N(C2CCCCC2)C1C(N)=O. The summed E-state index contributed by atoms with van der Waals surface area (Å²) in [5, 5.41) is 0. The van der Waals surface area contributed by atoms with E-state index in [0.29, 0.717) is 12.8 Å². The van der Waals surface area contributed by atoms with E-state index in [1.165, 1.54) is 4.90 Å². The highest BCUT2D eigenvalue weighted by atomic mass is 16.2. The summed E-state index contributed by atoms with van der Waals surface area (Å²) in [4.78, 5) is 47.8. The predicted octanol–water partition coefficient (Wildman–Crippen LogP) is -1.31. The minimum absolute atomic E-state index is 0.202. The van der Waals surface area contributed by atoms with Crippen molar-refractivity contribution in [2.75, 3.05) is 0 Å². The lowest BCUT2D eigenvalue weighted by atomic mass is 9.92. The Kier molecular flexibility index (Phi) is 3.55. The number of rotatable bonds is 3. The van der Waals surface area contributed by atoms with E-state index in [4.69, 9.17) is 11.5 Å². The van der Waals surface area contributed by atoms with Gasteiger partial charge in [0.25, 0.3) is 5.91 Å². The second-order valence-electron chi connectivity index (χ2n) is 5.10. The van der Waals surface area contributed by atoms with Crippen molar-refractivity contribution in [3.05, 3.63) is 0 Å². The summed E-state index contributed by atoms with van der Waals surface area (Å²) in [7, 11) is 0. The van der Waals surface area contributed by atoms with E-state index in [1.807, 2.05) is 0 Å². The molecule has 2 fully saturated rings. The molecule has 19 heavy (non-hydrogen) atoms. The van der Waals surface area contributed by atoms with Gasteiger partial charge < -0.3 is 16.4 Å². The van der Waals surface area contributed by atoms with Gasteiger partial charge in [-0.3, -0.25) is 19.2 Å². The van der Waals surface area contributed by atoms with Crippen molar-refractivity contribution in [2.24, 2.45) is 17.4 Å². The Morgan fingerprint density at radius 2 is 1.58 bits per heavy atom. The van der Waals surface area contributed by atoms with E-state index < -0.39 is 35.5 Å². The summed E-state index contributed by atoms with van der Waals surface area (Å²) >= 11 is 0. The second-order valence-corrected chi connectivity index (χ2v) is 5.10. The lowest BCUT2D eigenvalue weighted by Crippen LogP contribution is -2.52. The number of primary amides is 2. The summed E-state index contributed by atoms with van der Waals surface area (Å²) < 4.78 is 0. The molecular weight excluding hydrogens is 250 g/mol. The van der Waals surface area contributed by atoms with Gasteiger partial charge in [0.05, 0.1) is 0 Å². The highest BCUT2D eigenvalue weighted by Crippen LogP contribution is 2.31. The van der Waals surface area contributed by atoms with Crippen molar-refractivity contribution in [2.45, 2.75) is 44.2 Å². The molecule has 2 atom stereocenters. The van der Waals surface area contributed by atoms with Crippen LogP contribution in [0.15, 0.2) is 0 Å². The summed E-state index contributed by atoms with van der Waals surface area (Å²) in [6.45, 7) is 0. The lowest BCUT2D eigenvalue weighted by Gasteiger charge is -2.34. The molecule has 4 N–H and O–H groups in total. The van der Waals surface area contributed by atoms with Crippen LogP contribution in [0.2, 0.25) is 0 Å². The molecule has 0 spiro atoms. The molecule has 2 rings (SSSR count). The predicted molar refractivity (Wildman–Crippen MR) is 64.4 cm³/mol. The molecule has 0 radical (unpaired) electrons. The Labute approximate surface area is 110 Å². The molecule has 0 aromatic rings. The smallest absolute Gasteiger partial charge is 0.291 e. The molecule has 1 saturated carbocycles. The topological polar surface area (TPSA) is 124 Å². The number of amides is 3. The molecule has 1 aliphatic heterocycles. The highest BCUT2D eigenvalue weighted by Gasteiger charge is 2.54. The van der Waals surface area contributed by atoms with Crippen LogP contribution >= 0.6 is 0 Å². The quantitative estimate of drug-likeness (QED) is 0.486. The maximum Gasteiger partial charge on any atom is 0.291 e. The van der Waals surface area contributed by atoms with E-state index in [-0.39, 0.29) is 6.04 Å². The average Bonchev–Trinajstić information content (AvgIpc) is 2.64. The van der Waals surface area contributed by atoms with Gasteiger partial charge in [0.1, 0.15) is 12.0 Å². The van der Waals surface area contributed by atoms with Gasteiger partial charge in [0.15, 0.2) is 0 Å². The van der Waals surface area contributed by atoms with Crippen molar-refractivity contribution in [1.82, 2.24) is 4.90 Å². The van der Waals surface area contributed by atoms with Gasteiger partial charge in [-0.25, -0.2) is 0 Å². The molecule has 0 aromatic carbocycles. The van der Waals surface area contributed by atoms with Gasteiger partial charge >= 0.3 is 0 Å². The molecule has 2 unspecified atom stereocenters. The first-order valence-corrected chi connectivity index (χ1v) is 6.40. The number of nitrogens with zero attached hydrogens (tertiary/aromatic N) is 1. The van der Waals surface area contributed by atoms with Gasteiger partial charge in [0, 0.05) is 6.04 Å². The van der Waals surface area contributed by atoms with Crippen LogP contribution in [0, 0.1) is 5.92 Å². The van der Waals surface area contributed by atoms with Crippen molar-refractivity contribution in [3.63, 3.8) is 0 Å². The fourth-order valence-electron chi connectivity index (χ4n) is 3.03. The third-order valence-corrected chi connectivity index (χ3v) is 3.91. The molecule has 3 amide bonds. The number of hydrogen-bond donors (Lipinski definition) is 2. The Balaban J connectivity index is 2.34. The number of carbonyl (C=O) groups excluding carboxylic acids is 4. The molecule has 2 aliphatic rings. The Bertz CT molecular complexity index is 442. The average molecular weight is 267 g/mol. The third-order valence-electron chi connectivity index (χ3n) is 3.91. The van der Waals surface area contributed by atoms with Crippen LogP contribution in [-0.4, -0.2) is 40.5 Å². The van der Waals surface area contributed by atoms with E-state index >= 15 is 0 Å². The molecule has 1 heterocycles. The van der Waals surface area contributed by atoms with Crippen molar-refractivity contribution >= 4 is 23.5 Å². The summed E-state index contributed by atoms with van der Waals surface area (Å²) in [6.07, 6.45) is 4.35. The largest absolute Gasteiger partial charge is 0.369 e. The van der Waals surface area contributed by atoms with Gasteiger partial charge in [-0.1, -0.05) is 19.3 Å². The van der Waals surface area contributed by atoms with Gasteiger partial charge in [-0.15, -0.1) is 0 Å². The minimum Gasteiger partial charge on any atom is -0.369 e. The Hall–Kier alpha value is -1.92. The first kappa shape index (κ1) is 13.5. The summed E-state index contributed by atoms with van der Waals surface area (Å²) in [5.41, 5.74) is 10.4. The summed E-state index contributed by atoms with van der Waals surface area (Å²) in [5.74, 6) is -4.98. The second kappa shape index (κ2) is 4.99. The van der Waals surface area contributed by atoms with Crippen LogP contribution in [0.25, 0.3) is 0 Å². The van der Waals surface area contributed by atoms with Crippen molar-refractivity contribution in [1.29, 1.82) is 0 Å². The molecule has 0 bridgehead atoms. The van der Waals surface area contributed by atoms with Crippen LogP contribution in [0.5, 0.6) is 0 Å². The number of Topliss-reactive ketones (excluding diaryl/α,β-unsaturated/α-hetero) is 1. The van der Waals surface area contributed by atoms with Gasteiger partial charge in [-0.05, 0) is 12.8 Å². The first-order valence-electron chi connectivity index (χ1n) is 6.40. The number of likely N-dealkylation sites (tertiary alicyclic amines) is 1. The number of hydrogen-bond acceptors (Lipinski definition) is 4. The molecular formula is C12H17N3O4. The van der Waals surface area contributed by atoms with Crippen LogP contribution in [0.3, 0.4) is 0 Å². The normalized spacial score (nSPS) is 28.7. The number of ketones is 1. The van der Waals surface area contributed by atoms with E-state index in [1.54, 1.807) is 0 Å². The first-order chi connectivity index (χ1) is 8.95. The van der Waals surface area contributed by atoms with Gasteiger partial charge in [0.2, 0.25) is 17.6 Å². The maximum atomic E-state index is 12.0. The molecule has 1 saturated heterocycles. The van der Waals surface area contributed by atoms with Crippen LogP contribution in [-0.2, 0) is 19.2 Å². The molecule has 7 heteroatoms. The van der Waals surface area contributed by atoms with Crippen molar-refractivity contribution < 1.29 is 19.2 Å². The van der Waals surface area contributed by atoms with Gasteiger partial charge in [-0.2, -0.15) is 0 Å². The molecule has 0 aromatic heterocycles. The van der Waals surface area contributed by atoms with E-state index in [2.05, 4.69) is 0 Å². The zero-order valence-corrected chi connectivity index (χ0v) is 10.5. The zero-order chi connectivity index (χ0) is 14.2. The monoisotopic (exact) mass is 267 g/mol.